The predicted molar refractivity (Wildman–Crippen MR) is 96.2 cm³/mol. The summed E-state index contributed by atoms with van der Waals surface area (Å²) in [5, 5.41) is 13.3. The zero-order valence-corrected chi connectivity index (χ0v) is 14.3. The van der Waals surface area contributed by atoms with Crippen LogP contribution >= 0.6 is 11.8 Å². The molecule has 1 N–H and O–H groups in total. The molecule has 0 aliphatic carbocycles. The molecular formula is C18H20N2O3S. The van der Waals surface area contributed by atoms with Crippen LogP contribution in [0.3, 0.4) is 0 Å². The Bertz CT molecular complexity index is 674. The number of non-ortho nitro benzene ring substituents is 1. The van der Waals surface area contributed by atoms with Crippen LogP contribution < -0.4 is 5.32 Å². The molecule has 2 aromatic rings. The molecule has 1 amide bonds. The van der Waals surface area contributed by atoms with Crippen LogP contribution in [-0.2, 0) is 11.2 Å². The van der Waals surface area contributed by atoms with Crippen molar-refractivity contribution in [1.82, 2.24) is 5.32 Å². The van der Waals surface area contributed by atoms with Crippen molar-refractivity contribution in [3.63, 3.8) is 0 Å². The summed E-state index contributed by atoms with van der Waals surface area (Å²) in [5.41, 5.74) is 1.32. The van der Waals surface area contributed by atoms with E-state index < -0.39 is 4.92 Å². The number of nitro groups is 1. The summed E-state index contributed by atoms with van der Waals surface area (Å²) in [6.07, 6.45) is 1.83. The van der Waals surface area contributed by atoms with Crippen molar-refractivity contribution in [2.75, 3.05) is 6.54 Å². The summed E-state index contributed by atoms with van der Waals surface area (Å²) in [7, 11) is 0. The second-order valence-corrected chi connectivity index (χ2v) is 6.81. The maximum absolute atomic E-state index is 12.1. The van der Waals surface area contributed by atoms with E-state index in [1.165, 1.54) is 29.5 Å². The molecule has 0 bridgehead atoms. The average Bonchev–Trinajstić information content (AvgIpc) is 2.60. The molecule has 126 valence electrons. The molecule has 2 rings (SSSR count). The number of benzene rings is 2. The van der Waals surface area contributed by atoms with Crippen LogP contribution in [0.2, 0.25) is 0 Å². The van der Waals surface area contributed by atoms with E-state index in [1.807, 2.05) is 25.1 Å². The van der Waals surface area contributed by atoms with E-state index in [0.717, 1.165) is 17.7 Å². The highest BCUT2D eigenvalue weighted by Gasteiger charge is 2.14. The molecule has 2 aromatic carbocycles. The van der Waals surface area contributed by atoms with Crippen LogP contribution in [-0.4, -0.2) is 22.6 Å². The first kappa shape index (κ1) is 18.0. The van der Waals surface area contributed by atoms with Gasteiger partial charge in [-0.05, 0) is 37.5 Å². The van der Waals surface area contributed by atoms with Gasteiger partial charge in [0.2, 0.25) is 5.91 Å². The van der Waals surface area contributed by atoms with Gasteiger partial charge < -0.3 is 5.32 Å². The lowest BCUT2D eigenvalue weighted by atomic mass is 10.1. The fourth-order valence-electron chi connectivity index (χ4n) is 2.20. The van der Waals surface area contributed by atoms with Crippen LogP contribution in [0, 0.1) is 10.1 Å². The van der Waals surface area contributed by atoms with Crippen molar-refractivity contribution in [1.29, 1.82) is 0 Å². The number of nitro benzene ring substituents is 1. The number of hydrogen-bond donors (Lipinski definition) is 1. The lowest BCUT2D eigenvalue weighted by molar-refractivity contribution is -0.384. The second-order valence-electron chi connectivity index (χ2n) is 5.39. The van der Waals surface area contributed by atoms with Gasteiger partial charge in [-0.2, -0.15) is 0 Å². The molecule has 0 spiro atoms. The van der Waals surface area contributed by atoms with E-state index in [4.69, 9.17) is 0 Å². The minimum absolute atomic E-state index is 0.0218. The van der Waals surface area contributed by atoms with Gasteiger partial charge in [-0.25, -0.2) is 0 Å². The van der Waals surface area contributed by atoms with E-state index in [-0.39, 0.29) is 16.8 Å². The lowest BCUT2D eigenvalue weighted by Gasteiger charge is -2.12. The first-order valence-corrected chi connectivity index (χ1v) is 8.67. The van der Waals surface area contributed by atoms with E-state index >= 15 is 0 Å². The molecule has 0 aliphatic rings. The highest BCUT2D eigenvalue weighted by molar-refractivity contribution is 8.00. The Labute approximate surface area is 145 Å². The van der Waals surface area contributed by atoms with Crippen molar-refractivity contribution >= 4 is 23.4 Å². The van der Waals surface area contributed by atoms with Gasteiger partial charge in [0.1, 0.15) is 0 Å². The number of nitrogens with one attached hydrogen (secondary N) is 1. The third kappa shape index (κ3) is 5.70. The summed E-state index contributed by atoms with van der Waals surface area (Å²) >= 11 is 1.39. The normalized spacial score (nSPS) is 11.7. The number of hydrogen-bond acceptors (Lipinski definition) is 4. The van der Waals surface area contributed by atoms with Gasteiger partial charge in [-0.3, -0.25) is 14.9 Å². The number of nitrogens with zero attached hydrogens (tertiary/aromatic N) is 1. The topological polar surface area (TPSA) is 72.2 Å². The van der Waals surface area contributed by atoms with E-state index in [0.29, 0.717) is 6.54 Å². The quantitative estimate of drug-likeness (QED) is 0.342. The largest absolute Gasteiger partial charge is 0.355 e. The number of aryl methyl sites for hydroxylation is 1. The van der Waals surface area contributed by atoms with Crippen LogP contribution in [0.4, 0.5) is 5.69 Å². The highest BCUT2D eigenvalue weighted by Crippen LogP contribution is 2.25. The van der Waals surface area contributed by atoms with Crippen LogP contribution in [0.5, 0.6) is 0 Å². The summed E-state index contributed by atoms with van der Waals surface area (Å²) in [6, 6.07) is 16.4. The van der Waals surface area contributed by atoms with Gasteiger partial charge in [-0.15, -0.1) is 11.8 Å². The Hall–Kier alpha value is -2.34. The molecule has 0 aliphatic heterocycles. The number of thioether (sulfide) groups is 1. The minimum Gasteiger partial charge on any atom is -0.355 e. The first-order valence-electron chi connectivity index (χ1n) is 7.79. The Morgan fingerprint density at radius 2 is 1.83 bits per heavy atom. The van der Waals surface area contributed by atoms with Gasteiger partial charge in [0, 0.05) is 23.6 Å². The molecule has 0 heterocycles. The Balaban J connectivity index is 1.72. The van der Waals surface area contributed by atoms with Crippen molar-refractivity contribution in [2.24, 2.45) is 0 Å². The van der Waals surface area contributed by atoms with Gasteiger partial charge in [0.05, 0.1) is 10.2 Å². The van der Waals surface area contributed by atoms with Crippen molar-refractivity contribution in [3.05, 3.63) is 70.3 Å². The van der Waals surface area contributed by atoms with E-state index in [2.05, 4.69) is 17.4 Å². The Morgan fingerprint density at radius 1 is 1.17 bits per heavy atom. The fourth-order valence-corrected chi connectivity index (χ4v) is 3.09. The summed E-state index contributed by atoms with van der Waals surface area (Å²) in [5.74, 6) is -0.0218. The first-order chi connectivity index (χ1) is 11.6. The maximum atomic E-state index is 12.1. The average molecular weight is 344 g/mol. The third-order valence-corrected chi connectivity index (χ3v) is 4.63. The lowest BCUT2D eigenvalue weighted by Crippen LogP contribution is -2.31. The smallest absolute Gasteiger partial charge is 0.269 e. The second kappa shape index (κ2) is 9.08. The number of rotatable bonds is 8. The zero-order valence-electron chi connectivity index (χ0n) is 13.5. The highest BCUT2D eigenvalue weighted by atomic mass is 32.2. The van der Waals surface area contributed by atoms with E-state index in [1.54, 1.807) is 12.1 Å². The van der Waals surface area contributed by atoms with E-state index in [9.17, 15) is 14.9 Å². The van der Waals surface area contributed by atoms with Crippen molar-refractivity contribution in [2.45, 2.75) is 29.9 Å². The van der Waals surface area contributed by atoms with Crippen molar-refractivity contribution < 1.29 is 9.72 Å². The summed E-state index contributed by atoms with van der Waals surface area (Å²) in [6.45, 7) is 2.47. The molecule has 0 fully saturated rings. The molecular weight excluding hydrogens is 324 g/mol. The van der Waals surface area contributed by atoms with Crippen LogP contribution in [0.15, 0.2) is 59.5 Å². The molecule has 24 heavy (non-hydrogen) atoms. The monoisotopic (exact) mass is 344 g/mol. The van der Waals surface area contributed by atoms with Gasteiger partial charge >= 0.3 is 0 Å². The molecule has 0 aromatic heterocycles. The van der Waals surface area contributed by atoms with Gasteiger partial charge in [0.15, 0.2) is 0 Å². The molecule has 1 unspecified atom stereocenters. The number of carbonyl (C=O) groups excluding carboxylic acids is 1. The Morgan fingerprint density at radius 3 is 2.46 bits per heavy atom. The van der Waals surface area contributed by atoms with Gasteiger partial charge in [-0.1, -0.05) is 30.3 Å². The van der Waals surface area contributed by atoms with Crippen LogP contribution in [0.1, 0.15) is 18.9 Å². The zero-order chi connectivity index (χ0) is 17.4. The molecule has 0 saturated carbocycles. The molecule has 0 saturated heterocycles. The SMILES string of the molecule is CC(Sc1ccc([N+](=O)[O-])cc1)C(=O)NCCCc1ccccc1. The maximum Gasteiger partial charge on any atom is 0.269 e. The number of amides is 1. The van der Waals surface area contributed by atoms with Crippen molar-refractivity contribution in [3.8, 4) is 0 Å². The van der Waals surface area contributed by atoms with Gasteiger partial charge in [0.25, 0.3) is 5.69 Å². The van der Waals surface area contributed by atoms with Crippen LogP contribution in [0.25, 0.3) is 0 Å². The molecule has 0 radical (unpaired) electrons. The summed E-state index contributed by atoms with van der Waals surface area (Å²) < 4.78 is 0. The Kier molecular flexibility index (Phi) is 6.81. The standard InChI is InChI=1S/C18H20N2O3S/c1-14(24-17-11-9-16(10-12-17)20(22)23)18(21)19-13-5-8-15-6-3-2-4-7-15/h2-4,6-7,9-12,14H,5,8,13H2,1H3,(H,19,21). The molecule has 6 heteroatoms. The summed E-state index contributed by atoms with van der Waals surface area (Å²) in [4.78, 5) is 23.1. The third-order valence-electron chi connectivity index (χ3n) is 3.51. The minimum atomic E-state index is -0.433. The molecule has 5 nitrogen and oxygen atoms in total. The fraction of sp³-hybridized carbons (Fsp3) is 0.278. The molecule has 1 atom stereocenters. The predicted octanol–water partition coefficient (Wildman–Crippen LogP) is 3.82. The number of carbonyl (C=O) groups is 1.